The number of anilines is 2. The van der Waals surface area contributed by atoms with E-state index in [1.54, 1.807) is 12.1 Å². The molecule has 2 aromatic rings. The Hall–Kier alpha value is -2.81. The average molecular weight is 395 g/mol. The first-order chi connectivity index (χ1) is 13.3. The van der Waals surface area contributed by atoms with Gasteiger partial charge < -0.3 is 9.80 Å². The van der Waals surface area contributed by atoms with Gasteiger partial charge in [0.15, 0.2) is 0 Å². The molecule has 0 saturated carbocycles. The highest BCUT2D eigenvalue weighted by atomic mass is 19.4. The number of alkyl halides is 3. The molecule has 2 aliphatic heterocycles. The molecule has 2 heterocycles. The summed E-state index contributed by atoms with van der Waals surface area (Å²) < 4.78 is 53.1. The zero-order valence-corrected chi connectivity index (χ0v) is 14.6. The Morgan fingerprint density at radius 2 is 1.68 bits per heavy atom. The maximum absolute atomic E-state index is 14.2. The lowest BCUT2D eigenvalue weighted by atomic mass is 10.1. The normalized spacial score (nSPS) is 21.3. The van der Waals surface area contributed by atoms with Gasteiger partial charge in [-0.05, 0) is 42.8 Å². The van der Waals surface area contributed by atoms with Crippen molar-refractivity contribution in [1.29, 1.82) is 0 Å². The van der Waals surface area contributed by atoms with Crippen molar-refractivity contribution in [3.8, 4) is 0 Å². The smallest absolute Gasteiger partial charge is 0.365 e. The Labute approximate surface area is 158 Å². The highest BCUT2D eigenvalue weighted by Crippen LogP contribution is 2.39. The molecule has 2 N–H and O–H groups in total. The third-order valence-electron chi connectivity index (χ3n) is 5.38. The second-order valence-electron chi connectivity index (χ2n) is 7.00. The summed E-state index contributed by atoms with van der Waals surface area (Å²) in [5.41, 5.74) is 1.59. The molecule has 2 aromatic carbocycles. The minimum absolute atomic E-state index is 0.0250. The number of hydrogen-bond acceptors (Lipinski definition) is 4. The van der Waals surface area contributed by atoms with Crippen molar-refractivity contribution in [2.75, 3.05) is 22.9 Å². The SMILES string of the molecule is O=C(NO)c1ccc(N2C[C@H]3C[C@@H]2CN3c2cccc(C(F)(F)F)c2)cc1F. The standard InChI is InChI=1S/C19H17F4N3O2/c20-17-8-13(4-5-16(17)18(27)24-28)26-10-14-7-15(26)9-25(14)12-3-1-2-11(6-12)19(21,22)23/h1-6,8,14-15,28H,7,9-10H2,(H,24,27)/t14-,15-/m1/s1. The number of carbonyl (C=O) groups excluding carboxylic acids is 1. The van der Waals surface area contributed by atoms with Crippen LogP contribution in [0, 0.1) is 5.82 Å². The summed E-state index contributed by atoms with van der Waals surface area (Å²) in [5, 5.41) is 8.63. The molecule has 0 unspecified atom stereocenters. The van der Waals surface area contributed by atoms with Crippen LogP contribution >= 0.6 is 0 Å². The first kappa shape index (κ1) is 18.5. The topological polar surface area (TPSA) is 55.8 Å². The van der Waals surface area contributed by atoms with Crippen LogP contribution in [0.3, 0.4) is 0 Å². The van der Waals surface area contributed by atoms with E-state index in [9.17, 15) is 22.4 Å². The second-order valence-corrected chi connectivity index (χ2v) is 7.00. The quantitative estimate of drug-likeness (QED) is 0.475. The maximum Gasteiger partial charge on any atom is 0.416 e. The van der Waals surface area contributed by atoms with Crippen molar-refractivity contribution >= 4 is 17.3 Å². The molecule has 0 aliphatic carbocycles. The number of nitrogens with one attached hydrogen (secondary N) is 1. The van der Waals surface area contributed by atoms with Crippen LogP contribution in [0.15, 0.2) is 42.5 Å². The van der Waals surface area contributed by atoms with Crippen molar-refractivity contribution in [3.63, 3.8) is 0 Å². The van der Waals surface area contributed by atoms with Gasteiger partial charge in [0, 0.05) is 36.5 Å². The predicted molar refractivity (Wildman–Crippen MR) is 94.0 cm³/mol. The van der Waals surface area contributed by atoms with E-state index < -0.39 is 23.5 Å². The van der Waals surface area contributed by atoms with E-state index in [1.807, 2.05) is 9.80 Å². The Morgan fingerprint density at radius 1 is 1.04 bits per heavy atom. The second kappa shape index (κ2) is 6.66. The summed E-state index contributed by atoms with van der Waals surface area (Å²) in [6.07, 6.45) is -3.63. The van der Waals surface area contributed by atoms with Crippen LogP contribution in [0.2, 0.25) is 0 Å². The van der Waals surface area contributed by atoms with Crippen LogP contribution in [-0.4, -0.2) is 36.3 Å². The van der Waals surface area contributed by atoms with Gasteiger partial charge in [0.05, 0.1) is 11.1 Å². The van der Waals surface area contributed by atoms with Gasteiger partial charge in [0.2, 0.25) is 0 Å². The zero-order chi connectivity index (χ0) is 20.1. The lowest BCUT2D eigenvalue weighted by Crippen LogP contribution is -2.46. The monoisotopic (exact) mass is 395 g/mol. The molecular weight excluding hydrogens is 378 g/mol. The van der Waals surface area contributed by atoms with E-state index in [0.29, 0.717) is 24.5 Å². The number of rotatable bonds is 3. The van der Waals surface area contributed by atoms with Gasteiger partial charge in [-0.1, -0.05) is 6.07 Å². The van der Waals surface area contributed by atoms with Crippen LogP contribution in [0.4, 0.5) is 28.9 Å². The number of amides is 1. The molecule has 9 heteroatoms. The third-order valence-corrected chi connectivity index (χ3v) is 5.38. The Balaban J connectivity index is 1.52. The molecule has 2 atom stereocenters. The number of fused-ring (bicyclic) bond motifs is 2. The summed E-state index contributed by atoms with van der Waals surface area (Å²) in [5.74, 6) is -1.68. The summed E-state index contributed by atoms with van der Waals surface area (Å²) in [4.78, 5) is 15.3. The fraction of sp³-hybridized carbons (Fsp3) is 0.316. The minimum Gasteiger partial charge on any atom is -0.365 e. The minimum atomic E-state index is -4.39. The first-order valence-electron chi connectivity index (χ1n) is 8.72. The molecule has 0 spiro atoms. The van der Waals surface area contributed by atoms with E-state index in [0.717, 1.165) is 18.6 Å². The largest absolute Gasteiger partial charge is 0.416 e. The summed E-state index contributed by atoms with van der Waals surface area (Å²) >= 11 is 0. The van der Waals surface area contributed by atoms with Crippen LogP contribution in [0.25, 0.3) is 0 Å². The molecule has 0 aromatic heterocycles. The van der Waals surface area contributed by atoms with E-state index in [2.05, 4.69) is 0 Å². The van der Waals surface area contributed by atoms with Gasteiger partial charge in [0.25, 0.3) is 5.91 Å². The number of piperazine rings is 1. The van der Waals surface area contributed by atoms with Gasteiger partial charge in [-0.2, -0.15) is 13.2 Å². The predicted octanol–water partition coefficient (Wildman–Crippen LogP) is 3.43. The number of hydrogen-bond donors (Lipinski definition) is 2. The lowest BCUT2D eigenvalue weighted by molar-refractivity contribution is -0.137. The maximum atomic E-state index is 14.2. The molecule has 1 amide bonds. The van der Waals surface area contributed by atoms with E-state index >= 15 is 0 Å². The molecule has 0 radical (unpaired) electrons. The summed E-state index contributed by atoms with van der Waals surface area (Å²) in [6, 6.07) is 9.48. The number of benzene rings is 2. The van der Waals surface area contributed by atoms with Gasteiger partial charge >= 0.3 is 6.18 Å². The molecule has 5 nitrogen and oxygen atoms in total. The molecular formula is C19H17F4N3O2. The highest BCUT2D eigenvalue weighted by Gasteiger charge is 2.44. The third kappa shape index (κ3) is 3.15. The fourth-order valence-electron chi connectivity index (χ4n) is 4.09. The summed E-state index contributed by atoms with van der Waals surface area (Å²) in [7, 11) is 0. The van der Waals surface area contributed by atoms with Crippen LogP contribution in [-0.2, 0) is 6.18 Å². The highest BCUT2D eigenvalue weighted by molar-refractivity contribution is 5.94. The molecule has 148 valence electrons. The first-order valence-corrected chi connectivity index (χ1v) is 8.72. The Morgan fingerprint density at radius 3 is 2.21 bits per heavy atom. The molecule has 4 rings (SSSR count). The fourth-order valence-corrected chi connectivity index (χ4v) is 4.09. The van der Waals surface area contributed by atoms with Gasteiger partial charge in [-0.25, -0.2) is 9.87 Å². The van der Waals surface area contributed by atoms with Crippen LogP contribution in [0.5, 0.6) is 0 Å². The van der Waals surface area contributed by atoms with Crippen LogP contribution in [0.1, 0.15) is 22.3 Å². The van der Waals surface area contributed by atoms with Gasteiger partial charge in [-0.3, -0.25) is 10.0 Å². The van der Waals surface area contributed by atoms with E-state index in [1.165, 1.54) is 23.7 Å². The molecule has 28 heavy (non-hydrogen) atoms. The average Bonchev–Trinajstić information content (AvgIpc) is 3.27. The molecule has 2 bridgehead atoms. The Bertz CT molecular complexity index is 918. The Kier molecular flexibility index (Phi) is 4.41. The number of hydroxylamine groups is 1. The van der Waals surface area contributed by atoms with Crippen LogP contribution < -0.4 is 15.3 Å². The van der Waals surface area contributed by atoms with E-state index in [-0.39, 0.29) is 17.6 Å². The van der Waals surface area contributed by atoms with Crippen molar-refractivity contribution in [2.24, 2.45) is 0 Å². The molecule has 2 fully saturated rings. The molecule has 2 saturated heterocycles. The van der Waals surface area contributed by atoms with Crippen molar-refractivity contribution < 1.29 is 27.6 Å². The zero-order valence-electron chi connectivity index (χ0n) is 14.6. The van der Waals surface area contributed by atoms with E-state index in [4.69, 9.17) is 5.21 Å². The number of halogens is 4. The van der Waals surface area contributed by atoms with Crippen molar-refractivity contribution in [3.05, 3.63) is 59.4 Å². The number of nitrogens with zero attached hydrogens (tertiary/aromatic N) is 2. The summed E-state index contributed by atoms with van der Waals surface area (Å²) in [6.45, 7) is 1.08. The molecule has 2 aliphatic rings. The van der Waals surface area contributed by atoms with Gasteiger partial charge in [-0.15, -0.1) is 0 Å². The van der Waals surface area contributed by atoms with Gasteiger partial charge in [0.1, 0.15) is 5.82 Å². The van der Waals surface area contributed by atoms with Crippen molar-refractivity contribution in [1.82, 2.24) is 5.48 Å². The van der Waals surface area contributed by atoms with Crippen molar-refractivity contribution in [2.45, 2.75) is 24.7 Å². The lowest BCUT2D eigenvalue weighted by Gasteiger charge is -2.37. The number of carbonyl (C=O) groups is 1.